The summed E-state index contributed by atoms with van der Waals surface area (Å²) in [5, 5.41) is 2.79. The van der Waals surface area contributed by atoms with Crippen LogP contribution in [0.1, 0.15) is 19.3 Å². The van der Waals surface area contributed by atoms with Crippen molar-refractivity contribution in [1.82, 2.24) is 5.32 Å². The van der Waals surface area contributed by atoms with Gasteiger partial charge in [-0.2, -0.15) is 0 Å². The number of carbonyl (C=O) groups excluding carboxylic acids is 1. The molecule has 1 atom stereocenters. The first-order valence-corrected chi connectivity index (χ1v) is 9.75. The molecule has 1 fully saturated rings. The number of hydrogen-bond acceptors (Lipinski definition) is 5. The topological polar surface area (TPSA) is 84.9 Å². The van der Waals surface area contributed by atoms with Crippen molar-refractivity contribution in [3.63, 3.8) is 0 Å². The number of carbonyl (C=O) groups is 1. The van der Waals surface area contributed by atoms with Crippen LogP contribution in [0.2, 0.25) is 0 Å². The highest BCUT2D eigenvalue weighted by atomic mass is 32.2. The van der Waals surface area contributed by atoms with Crippen molar-refractivity contribution in [2.75, 3.05) is 37.4 Å². The van der Waals surface area contributed by atoms with E-state index in [9.17, 15) is 13.2 Å². The summed E-state index contributed by atoms with van der Waals surface area (Å²) in [5.74, 6) is 0.247. The van der Waals surface area contributed by atoms with Gasteiger partial charge in [-0.1, -0.05) is 12.1 Å². The largest absolute Gasteiger partial charge is 0.495 e. The average molecular weight is 356 g/mol. The van der Waals surface area contributed by atoms with Gasteiger partial charge in [-0.25, -0.2) is 8.42 Å². The molecule has 1 amide bonds. The van der Waals surface area contributed by atoms with Crippen LogP contribution in [0.15, 0.2) is 24.3 Å². The van der Waals surface area contributed by atoms with Crippen molar-refractivity contribution in [2.45, 2.75) is 25.4 Å². The van der Waals surface area contributed by atoms with Crippen molar-refractivity contribution in [2.24, 2.45) is 0 Å². The first kappa shape index (κ1) is 18.5. The van der Waals surface area contributed by atoms with Crippen LogP contribution >= 0.6 is 0 Å². The Kier molecular flexibility index (Phi) is 6.44. The predicted molar refractivity (Wildman–Crippen MR) is 91.8 cm³/mol. The summed E-state index contributed by atoms with van der Waals surface area (Å²) in [7, 11) is -2.05. The molecule has 7 nitrogen and oxygen atoms in total. The molecule has 8 heteroatoms. The number of benzene rings is 1. The molecule has 0 bridgehead atoms. The van der Waals surface area contributed by atoms with E-state index < -0.39 is 10.0 Å². The van der Waals surface area contributed by atoms with Crippen LogP contribution in [0.4, 0.5) is 5.69 Å². The summed E-state index contributed by atoms with van der Waals surface area (Å²) in [5.41, 5.74) is 0.425. The molecule has 0 radical (unpaired) electrons. The second-order valence-electron chi connectivity index (χ2n) is 5.70. The molecule has 1 N–H and O–H groups in total. The summed E-state index contributed by atoms with van der Waals surface area (Å²) in [6.07, 6.45) is 3.20. The minimum Gasteiger partial charge on any atom is -0.495 e. The molecule has 1 unspecified atom stereocenters. The molecular weight excluding hydrogens is 332 g/mol. The highest BCUT2D eigenvalue weighted by Crippen LogP contribution is 2.29. The van der Waals surface area contributed by atoms with Crippen LogP contribution in [0.3, 0.4) is 0 Å². The van der Waals surface area contributed by atoms with Gasteiger partial charge in [0.15, 0.2) is 0 Å². The quantitative estimate of drug-likeness (QED) is 0.755. The lowest BCUT2D eigenvalue weighted by atomic mass is 10.2. The molecule has 1 aliphatic heterocycles. The summed E-state index contributed by atoms with van der Waals surface area (Å²) in [4.78, 5) is 12.0. The molecule has 0 aliphatic carbocycles. The van der Waals surface area contributed by atoms with Crippen LogP contribution < -0.4 is 14.4 Å². The van der Waals surface area contributed by atoms with Crippen LogP contribution in [0.25, 0.3) is 0 Å². The zero-order valence-electron chi connectivity index (χ0n) is 14.0. The minimum atomic E-state index is -3.53. The molecule has 1 saturated heterocycles. The molecule has 1 aliphatic rings. The first-order chi connectivity index (χ1) is 11.4. The van der Waals surface area contributed by atoms with E-state index >= 15 is 0 Å². The van der Waals surface area contributed by atoms with Gasteiger partial charge in [0.05, 0.1) is 25.2 Å². The molecular formula is C16H24N2O5S. The third-order valence-electron chi connectivity index (χ3n) is 3.85. The first-order valence-electron chi connectivity index (χ1n) is 7.91. The molecule has 134 valence electrons. The van der Waals surface area contributed by atoms with Gasteiger partial charge in [0.2, 0.25) is 15.9 Å². The van der Waals surface area contributed by atoms with Crippen molar-refractivity contribution in [3.05, 3.63) is 24.3 Å². The number of amides is 1. The zero-order chi connectivity index (χ0) is 17.6. The van der Waals surface area contributed by atoms with Gasteiger partial charge >= 0.3 is 0 Å². The maximum atomic E-state index is 12.1. The van der Waals surface area contributed by atoms with E-state index in [0.29, 0.717) is 18.0 Å². The second kappa shape index (κ2) is 8.34. The number of para-hydroxylation sites is 2. The smallest absolute Gasteiger partial charge is 0.232 e. The van der Waals surface area contributed by atoms with Crippen LogP contribution in [0.5, 0.6) is 5.75 Å². The number of sulfonamides is 1. The molecule has 24 heavy (non-hydrogen) atoms. The Balaban J connectivity index is 1.98. The second-order valence-corrected chi connectivity index (χ2v) is 7.60. The van der Waals surface area contributed by atoms with E-state index in [1.165, 1.54) is 11.4 Å². The third kappa shape index (κ3) is 5.10. The van der Waals surface area contributed by atoms with Crippen LogP contribution in [-0.2, 0) is 19.6 Å². The highest BCUT2D eigenvalue weighted by molar-refractivity contribution is 7.92. The van der Waals surface area contributed by atoms with Gasteiger partial charge in [0.1, 0.15) is 5.75 Å². The van der Waals surface area contributed by atoms with Crippen LogP contribution in [-0.4, -0.2) is 53.5 Å². The Morgan fingerprint density at radius 1 is 1.42 bits per heavy atom. The number of ether oxygens (including phenoxy) is 2. The van der Waals surface area contributed by atoms with Crippen LogP contribution in [0, 0.1) is 0 Å². The predicted octanol–water partition coefficient (Wildman–Crippen LogP) is 1.15. The summed E-state index contributed by atoms with van der Waals surface area (Å²) in [6, 6.07) is 6.83. The lowest BCUT2D eigenvalue weighted by Crippen LogP contribution is -2.37. The number of nitrogens with zero attached hydrogens (tertiary/aromatic N) is 1. The van der Waals surface area contributed by atoms with Gasteiger partial charge < -0.3 is 14.8 Å². The van der Waals surface area contributed by atoms with Crippen molar-refractivity contribution in [3.8, 4) is 5.75 Å². The molecule has 0 saturated carbocycles. The Bertz CT molecular complexity index is 656. The monoisotopic (exact) mass is 356 g/mol. The Morgan fingerprint density at radius 2 is 2.17 bits per heavy atom. The van der Waals surface area contributed by atoms with Gasteiger partial charge in [0.25, 0.3) is 0 Å². The maximum absolute atomic E-state index is 12.1. The fraction of sp³-hybridized carbons (Fsp3) is 0.562. The molecule has 1 heterocycles. The highest BCUT2D eigenvalue weighted by Gasteiger charge is 2.22. The Hall–Kier alpha value is -1.80. The van der Waals surface area contributed by atoms with Crippen molar-refractivity contribution >= 4 is 21.6 Å². The number of rotatable bonds is 8. The standard InChI is InChI=1S/C16H24N2O5S/c1-22-15-8-4-3-7-14(15)18(24(2,20)21)10-9-16(19)17-12-13-6-5-11-23-13/h3-4,7-8,13H,5-6,9-12H2,1-2H3,(H,17,19). The summed E-state index contributed by atoms with van der Waals surface area (Å²) < 4.78 is 36.1. The lowest BCUT2D eigenvalue weighted by molar-refractivity contribution is -0.121. The maximum Gasteiger partial charge on any atom is 0.232 e. The van der Waals surface area contributed by atoms with E-state index in [0.717, 1.165) is 25.7 Å². The van der Waals surface area contributed by atoms with E-state index in [1.807, 2.05) is 0 Å². The Labute approximate surface area is 143 Å². The SMILES string of the molecule is COc1ccccc1N(CCC(=O)NCC1CCCO1)S(C)(=O)=O. The lowest BCUT2D eigenvalue weighted by Gasteiger charge is -2.24. The van der Waals surface area contributed by atoms with Crippen molar-refractivity contribution < 1.29 is 22.7 Å². The van der Waals surface area contributed by atoms with Gasteiger partial charge in [-0.3, -0.25) is 9.10 Å². The number of nitrogens with one attached hydrogen (secondary N) is 1. The number of hydrogen-bond donors (Lipinski definition) is 1. The van der Waals surface area contributed by atoms with E-state index in [-0.39, 0.29) is 25.0 Å². The average Bonchev–Trinajstić information content (AvgIpc) is 3.05. The van der Waals surface area contributed by atoms with E-state index in [2.05, 4.69) is 5.32 Å². The fourth-order valence-corrected chi connectivity index (χ4v) is 3.56. The van der Waals surface area contributed by atoms with Gasteiger partial charge in [0, 0.05) is 26.1 Å². The molecule has 0 aromatic heterocycles. The third-order valence-corrected chi connectivity index (χ3v) is 5.03. The normalized spacial score (nSPS) is 17.5. The zero-order valence-corrected chi connectivity index (χ0v) is 14.8. The van der Waals surface area contributed by atoms with Crippen molar-refractivity contribution in [1.29, 1.82) is 0 Å². The number of anilines is 1. The number of methoxy groups -OCH3 is 1. The summed E-state index contributed by atoms with van der Waals surface area (Å²) >= 11 is 0. The van der Waals surface area contributed by atoms with E-state index in [4.69, 9.17) is 9.47 Å². The van der Waals surface area contributed by atoms with E-state index in [1.54, 1.807) is 24.3 Å². The molecule has 1 aromatic carbocycles. The minimum absolute atomic E-state index is 0.0521. The summed E-state index contributed by atoms with van der Waals surface area (Å²) in [6.45, 7) is 1.25. The van der Waals surface area contributed by atoms with Gasteiger partial charge in [-0.15, -0.1) is 0 Å². The molecule has 2 rings (SSSR count). The molecule has 0 spiro atoms. The Morgan fingerprint density at radius 3 is 2.79 bits per heavy atom. The fourth-order valence-electron chi connectivity index (χ4n) is 2.63. The molecule has 1 aromatic rings. The van der Waals surface area contributed by atoms with Gasteiger partial charge in [-0.05, 0) is 25.0 Å².